The molecule has 2 aromatic carbocycles. The molecule has 0 radical (unpaired) electrons. The number of amides is 2. The van der Waals surface area contributed by atoms with Gasteiger partial charge in [0.1, 0.15) is 41.0 Å². The minimum absolute atomic E-state index is 0.0623. The highest BCUT2D eigenvalue weighted by Gasteiger charge is 2.29. The largest absolute Gasteiger partial charge is 0.457 e. The number of carbonyl (C=O) groups is 2. The maximum absolute atomic E-state index is 12.9. The molecule has 4 aromatic rings. The Morgan fingerprint density at radius 3 is 2.51 bits per heavy atom. The molecule has 0 saturated carbocycles. The molecule has 4 heterocycles. The highest BCUT2D eigenvalue weighted by Crippen LogP contribution is 2.40. The van der Waals surface area contributed by atoms with Crippen molar-refractivity contribution in [3.63, 3.8) is 0 Å². The quantitative estimate of drug-likeness (QED) is 0.231. The molecule has 2 fully saturated rings. The van der Waals surface area contributed by atoms with E-state index in [4.69, 9.17) is 15.2 Å². The third kappa shape index (κ3) is 6.40. The van der Waals surface area contributed by atoms with E-state index >= 15 is 0 Å². The Morgan fingerprint density at radius 2 is 1.82 bits per heavy atom. The zero-order chi connectivity index (χ0) is 31.3. The lowest BCUT2D eigenvalue weighted by Crippen LogP contribution is -2.49. The van der Waals surface area contributed by atoms with Gasteiger partial charge in [-0.1, -0.05) is 42.8 Å². The summed E-state index contributed by atoms with van der Waals surface area (Å²) in [6.07, 6.45) is 4.97. The van der Waals surface area contributed by atoms with Crippen LogP contribution in [0.15, 0.2) is 73.6 Å². The molecule has 45 heavy (non-hydrogen) atoms. The lowest BCUT2D eigenvalue weighted by atomic mass is 9.96. The van der Waals surface area contributed by atoms with Crippen LogP contribution < -0.4 is 15.8 Å². The summed E-state index contributed by atoms with van der Waals surface area (Å²) in [7, 11) is 0. The van der Waals surface area contributed by atoms with Crippen LogP contribution in [0.1, 0.15) is 37.9 Å². The summed E-state index contributed by atoms with van der Waals surface area (Å²) in [6.45, 7) is 7.51. The smallest absolute Gasteiger partial charge is 0.244 e. The first kappa shape index (κ1) is 29.9. The molecule has 2 aliphatic rings. The van der Waals surface area contributed by atoms with Gasteiger partial charge in [0.2, 0.25) is 11.8 Å². The van der Waals surface area contributed by atoms with Crippen LogP contribution in [0, 0.1) is 17.8 Å². The van der Waals surface area contributed by atoms with Crippen molar-refractivity contribution in [1.82, 2.24) is 24.8 Å². The Kier molecular flexibility index (Phi) is 8.80. The number of fused-ring (bicyclic) bond motifs is 1. The van der Waals surface area contributed by atoms with Gasteiger partial charge in [0.05, 0.1) is 18.0 Å². The number of piperidine rings is 1. The monoisotopic (exact) mass is 604 g/mol. The fourth-order valence-electron chi connectivity index (χ4n) is 5.98. The molecule has 10 heteroatoms. The SMILES string of the molecule is C=CC(=O)N[C@H](C)C(=O)N1CCC(C#Cc2c(-c3ccc(Oc4ccccc4)cc3)c3c(N)ncnc3n2C2CCOC2)CC1. The molecule has 6 rings (SSSR count). The van der Waals surface area contributed by atoms with Crippen LogP contribution >= 0.6 is 0 Å². The summed E-state index contributed by atoms with van der Waals surface area (Å²) in [6, 6.07) is 17.0. The summed E-state index contributed by atoms with van der Waals surface area (Å²) in [5, 5.41) is 3.42. The molecule has 1 unspecified atom stereocenters. The van der Waals surface area contributed by atoms with Gasteiger partial charge in [-0.3, -0.25) is 9.59 Å². The van der Waals surface area contributed by atoms with Gasteiger partial charge in [-0.2, -0.15) is 0 Å². The highest BCUT2D eigenvalue weighted by atomic mass is 16.5. The third-order valence-corrected chi connectivity index (χ3v) is 8.32. The van der Waals surface area contributed by atoms with Crippen molar-refractivity contribution in [2.45, 2.75) is 38.3 Å². The summed E-state index contributed by atoms with van der Waals surface area (Å²) >= 11 is 0. The molecule has 0 spiro atoms. The van der Waals surface area contributed by atoms with Crippen molar-refractivity contribution in [3.8, 4) is 34.5 Å². The number of carbonyl (C=O) groups excluding carboxylic acids is 2. The minimum Gasteiger partial charge on any atom is -0.457 e. The second-order valence-corrected chi connectivity index (χ2v) is 11.3. The standard InChI is InChI=1S/C35H36N6O4/c1-3-30(42)39-23(2)35(43)40-18-15-24(16-19-40)9-14-29-31(25-10-12-28(13-11-25)45-27-7-5-4-6-8-27)32-33(36)37-22-38-34(32)41(29)26-17-20-44-21-26/h3-8,10-13,22-24,26H,1,15-21H2,2H3,(H,39,42)(H2,36,37,38)/t23-,26?/m1/s1. The van der Waals surface area contributed by atoms with Gasteiger partial charge in [-0.15, -0.1) is 0 Å². The first-order valence-electron chi connectivity index (χ1n) is 15.2. The van der Waals surface area contributed by atoms with E-state index in [1.54, 1.807) is 11.8 Å². The minimum atomic E-state index is -0.610. The lowest BCUT2D eigenvalue weighted by molar-refractivity contribution is -0.136. The second-order valence-electron chi connectivity index (χ2n) is 11.3. The van der Waals surface area contributed by atoms with Gasteiger partial charge < -0.3 is 30.0 Å². The fraction of sp³-hybridized carbons (Fsp3) is 0.314. The second kappa shape index (κ2) is 13.2. The third-order valence-electron chi connectivity index (χ3n) is 8.32. The average Bonchev–Trinajstić information content (AvgIpc) is 3.71. The Bertz CT molecular complexity index is 1760. The highest BCUT2D eigenvalue weighted by molar-refractivity contribution is 6.03. The van der Waals surface area contributed by atoms with E-state index in [9.17, 15) is 9.59 Å². The molecule has 2 aliphatic heterocycles. The van der Waals surface area contributed by atoms with Gasteiger partial charge in [-0.25, -0.2) is 9.97 Å². The van der Waals surface area contributed by atoms with Crippen molar-refractivity contribution < 1.29 is 19.1 Å². The van der Waals surface area contributed by atoms with Crippen molar-refractivity contribution in [2.75, 3.05) is 32.0 Å². The Balaban J connectivity index is 1.32. The molecule has 3 N–H and O–H groups in total. The lowest BCUT2D eigenvalue weighted by Gasteiger charge is -2.31. The number of nitrogens with one attached hydrogen (secondary N) is 1. The Labute approximate surface area is 262 Å². The summed E-state index contributed by atoms with van der Waals surface area (Å²) in [5.41, 5.74) is 9.89. The first-order chi connectivity index (χ1) is 21.9. The normalized spacial score (nSPS) is 17.4. The molecular weight excluding hydrogens is 568 g/mol. The number of para-hydroxylation sites is 1. The van der Waals surface area contributed by atoms with E-state index < -0.39 is 6.04 Å². The zero-order valence-corrected chi connectivity index (χ0v) is 25.2. The van der Waals surface area contributed by atoms with E-state index in [1.807, 2.05) is 54.6 Å². The summed E-state index contributed by atoms with van der Waals surface area (Å²) < 4.78 is 14.0. The number of nitrogens with zero attached hydrogens (tertiary/aromatic N) is 4. The van der Waals surface area contributed by atoms with Crippen LogP contribution in [-0.2, 0) is 14.3 Å². The molecule has 2 saturated heterocycles. The molecule has 230 valence electrons. The first-order valence-corrected chi connectivity index (χ1v) is 15.2. The molecule has 10 nitrogen and oxygen atoms in total. The number of aromatic nitrogens is 3. The molecule has 0 aliphatic carbocycles. The van der Waals surface area contributed by atoms with Crippen LogP contribution in [0.2, 0.25) is 0 Å². The number of rotatable bonds is 7. The van der Waals surface area contributed by atoms with Crippen molar-refractivity contribution in [2.24, 2.45) is 5.92 Å². The van der Waals surface area contributed by atoms with Crippen LogP contribution in [0.5, 0.6) is 11.5 Å². The van der Waals surface area contributed by atoms with E-state index in [0.29, 0.717) is 32.1 Å². The number of nitrogen functional groups attached to an aromatic ring is 1. The zero-order valence-electron chi connectivity index (χ0n) is 25.2. The van der Waals surface area contributed by atoms with Gasteiger partial charge >= 0.3 is 0 Å². The number of hydrogen-bond donors (Lipinski definition) is 2. The van der Waals surface area contributed by atoms with E-state index in [1.165, 1.54) is 12.4 Å². The molecular formula is C35H36N6O4. The molecule has 0 bridgehead atoms. The topological polar surface area (TPSA) is 125 Å². The predicted octanol–water partition coefficient (Wildman–Crippen LogP) is 4.72. The van der Waals surface area contributed by atoms with E-state index in [2.05, 4.69) is 38.3 Å². The van der Waals surface area contributed by atoms with Crippen LogP contribution in [0.25, 0.3) is 22.2 Å². The summed E-state index contributed by atoms with van der Waals surface area (Å²) in [4.78, 5) is 35.3. The Morgan fingerprint density at radius 1 is 1.09 bits per heavy atom. The summed E-state index contributed by atoms with van der Waals surface area (Å²) in [5.74, 6) is 8.55. The Hall–Kier alpha value is -5.14. The fourth-order valence-corrected chi connectivity index (χ4v) is 5.98. The van der Waals surface area contributed by atoms with Gasteiger partial charge in [0.15, 0.2) is 0 Å². The van der Waals surface area contributed by atoms with E-state index in [0.717, 1.165) is 58.6 Å². The number of anilines is 1. The molecule has 2 amide bonds. The van der Waals surface area contributed by atoms with Crippen LogP contribution in [0.3, 0.4) is 0 Å². The van der Waals surface area contributed by atoms with Gasteiger partial charge in [0, 0.05) is 31.2 Å². The molecule has 2 aromatic heterocycles. The van der Waals surface area contributed by atoms with Gasteiger partial charge in [0.25, 0.3) is 0 Å². The van der Waals surface area contributed by atoms with E-state index in [-0.39, 0.29) is 23.8 Å². The maximum Gasteiger partial charge on any atom is 0.244 e. The number of benzene rings is 2. The number of ether oxygens (including phenoxy) is 2. The van der Waals surface area contributed by atoms with Crippen LogP contribution in [-0.4, -0.2) is 63.6 Å². The van der Waals surface area contributed by atoms with Crippen LogP contribution in [0.4, 0.5) is 5.82 Å². The van der Waals surface area contributed by atoms with Gasteiger partial charge in [-0.05, 0) is 68.0 Å². The number of likely N-dealkylation sites (tertiary alicyclic amines) is 1. The van der Waals surface area contributed by atoms with Crippen molar-refractivity contribution in [3.05, 3.63) is 79.3 Å². The number of hydrogen-bond acceptors (Lipinski definition) is 7. The predicted molar refractivity (Wildman–Crippen MR) is 172 cm³/mol. The van der Waals surface area contributed by atoms with Crippen molar-refractivity contribution in [1.29, 1.82) is 0 Å². The average molecular weight is 605 g/mol. The maximum atomic E-state index is 12.9. The van der Waals surface area contributed by atoms with Crippen molar-refractivity contribution >= 4 is 28.7 Å². The molecule has 2 atom stereocenters. The number of nitrogens with two attached hydrogens (primary N) is 1.